The van der Waals surface area contributed by atoms with Crippen LogP contribution in [0.5, 0.6) is 17.4 Å². The summed E-state index contributed by atoms with van der Waals surface area (Å²) in [6.45, 7) is 1.99. The summed E-state index contributed by atoms with van der Waals surface area (Å²) in [6, 6.07) is 22.4. The van der Waals surface area contributed by atoms with Crippen molar-refractivity contribution in [3.63, 3.8) is 0 Å². The molecule has 7 heteroatoms. The zero-order valence-corrected chi connectivity index (χ0v) is 18.5. The molecule has 1 aromatic heterocycles. The highest BCUT2D eigenvalue weighted by Crippen LogP contribution is 2.34. The normalized spacial score (nSPS) is 13.3. The molecule has 1 aliphatic rings. The summed E-state index contributed by atoms with van der Waals surface area (Å²) in [7, 11) is 0. The van der Waals surface area contributed by atoms with Crippen LogP contribution in [-0.4, -0.2) is 20.9 Å². The molecule has 0 saturated carbocycles. The molecule has 2 heterocycles. The van der Waals surface area contributed by atoms with E-state index in [2.05, 4.69) is 9.98 Å². The molecule has 0 amide bonds. The van der Waals surface area contributed by atoms with Crippen LogP contribution >= 0.6 is 12.2 Å². The molecule has 0 fully saturated rings. The van der Waals surface area contributed by atoms with Crippen molar-refractivity contribution in [1.82, 2.24) is 9.55 Å². The predicted molar refractivity (Wildman–Crippen MR) is 133 cm³/mol. The monoisotopic (exact) mass is 453 g/mol. The number of aromatic nitrogens is 2. The summed E-state index contributed by atoms with van der Waals surface area (Å²) < 4.78 is 7.33. The Kier molecular flexibility index (Phi) is 5.24. The number of rotatable bonds is 4. The van der Waals surface area contributed by atoms with Crippen molar-refractivity contribution in [2.75, 3.05) is 0 Å². The lowest BCUT2D eigenvalue weighted by Gasteiger charge is -2.13. The van der Waals surface area contributed by atoms with E-state index in [1.54, 1.807) is 36.6 Å². The van der Waals surface area contributed by atoms with Gasteiger partial charge in [0.05, 0.1) is 11.4 Å². The Morgan fingerprint density at radius 2 is 1.76 bits per heavy atom. The molecular weight excluding hydrogens is 434 g/mol. The van der Waals surface area contributed by atoms with Crippen LogP contribution in [0.3, 0.4) is 0 Å². The van der Waals surface area contributed by atoms with Crippen LogP contribution < -0.4 is 10.3 Å². The highest BCUT2D eigenvalue weighted by molar-refractivity contribution is 7.71. The number of aromatic amines is 1. The van der Waals surface area contributed by atoms with Gasteiger partial charge in [0.2, 0.25) is 5.88 Å². The molecule has 0 spiro atoms. The molecule has 4 aromatic rings. The third-order valence-electron chi connectivity index (χ3n) is 5.30. The summed E-state index contributed by atoms with van der Waals surface area (Å²) in [5.41, 5.74) is 3.77. The molecule has 162 valence electrons. The van der Waals surface area contributed by atoms with Crippen molar-refractivity contribution in [2.24, 2.45) is 4.99 Å². The minimum Gasteiger partial charge on any atom is -0.494 e. The molecule has 0 saturated heterocycles. The van der Waals surface area contributed by atoms with E-state index in [0.717, 1.165) is 28.1 Å². The van der Waals surface area contributed by atoms with Crippen molar-refractivity contribution in [3.05, 3.63) is 105 Å². The maximum Gasteiger partial charge on any atom is 0.262 e. The molecular formula is C26H19N3O3S. The summed E-state index contributed by atoms with van der Waals surface area (Å²) in [4.78, 5) is 19.7. The SMILES string of the molecule is Cc1ccc2c(c1)C(=Cc1c(O)n(-c3ccc(Oc4ccccc4)cc3)c(=S)[nH]c1=O)C=N2. The zero-order chi connectivity index (χ0) is 22.9. The van der Waals surface area contributed by atoms with E-state index in [0.29, 0.717) is 11.4 Å². The number of hydrogen-bond acceptors (Lipinski definition) is 5. The number of allylic oxidation sites excluding steroid dienone is 1. The van der Waals surface area contributed by atoms with Gasteiger partial charge in [-0.15, -0.1) is 0 Å². The Balaban J connectivity index is 1.54. The van der Waals surface area contributed by atoms with Gasteiger partial charge in [-0.25, -0.2) is 0 Å². The number of hydrogen-bond donors (Lipinski definition) is 2. The molecule has 0 unspecified atom stereocenters. The first-order valence-electron chi connectivity index (χ1n) is 10.3. The van der Waals surface area contributed by atoms with Crippen LogP contribution in [0, 0.1) is 11.7 Å². The standard InChI is InChI=1S/C26H19N3O3S/c1-16-7-12-23-21(13-16)17(15-27-23)14-22-24(30)28-26(33)29(25(22)31)18-8-10-20(11-9-18)32-19-5-3-2-4-6-19/h2-15,31H,1H3,(H,28,30,33). The third kappa shape index (κ3) is 4.02. The fraction of sp³-hybridized carbons (Fsp3) is 0.0385. The van der Waals surface area contributed by atoms with E-state index in [9.17, 15) is 9.90 Å². The van der Waals surface area contributed by atoms with Gasteiger partial charge in [-0.3, -0.25) is 19.3 Å². The number of nitrogens with zero attached hydrogens (tertiary/aromatic N) is 2. The lowest BCUT2D eigenvalue weighted by atomic mass is 10.0. The smallest absolute Gasteiger partial charge is 0.262 e. The van der Waals surface area contributed by atoms with Gasteiger partial charge >= 0.3 is 0 Å². The highest BCUT2D eigenvalue weighted by atomic mass is 32.1. The second-order valence-corrected chi connectivity index (χ2v) is 8.01. The maximum atomic E-state index is 12.7. The first kappa shape index (κ1) is 20.7. The lowest BCUT2D eigenvalue weighted by molar-refractivity contribution is 0.431. The number of ether oxygens (including phenoxy) is 1. The van der Waals surface area contributed by atoms with Crippen LogP contribution in [0.15, 0.2) is 82.6 Å². The minimum atomic E-state index is -0.472. The van der Waals surface area contributed by atoms with Gasteiger partial charge in [-0.1, -0.05) is 29.8 Å². The quantitative estimate of drug-likeness (QED) is 0.374. The first-order valence-corrected chi connectivity index (χ1v) is 10.7. The summed E-state index contributed by atoms with van der Waals surface area (Å²) in [5.74, 6) is 1.11. The van der Waals surface area contributed by atoms with Gasteiger partial charge in [0.1, 0.15) is 17.1 Å². The van der Waals surface area contributed by atoms with Crippen LogP contribution in [0.4, 0.5) is 5.69 Å². The molecule has 0 aliphatic carbocycles. The lowest BCUT2D eigenvalue weighted by Crippen LogP contribution is -2.16. The minimum absolute atomic E-state index is 0.0905. The van der Waals surface area contributed by atoms with Crippen molar-refractivity contribution in [2.45, 2.75) is 6.92 Å². The number of aryl methyl sites for hydroxylation is 1. The van der Waals surface area contributed by atoms with E-state index < -0.39 is 5.56 Å². The number of benzene rings is 3. The van der Waals surface area contributed by atoms with Crippen molar-refractivity contribution in [1.29, 1.82) is 0 Å². The van der Waals surface area contributed by atoms with Gasteiger partial charge in [0, 0.05) is 17.4 Å². The van der Waals surface area contributed by atoms with Crippen LogP contribution in [-0.2, 0) is 0 Å². The number of fused-ring (bicyclic) bond motifs is 1. The van der Waals surface area contributed by atoms with E-state index in [1.807, 2.05) is 55.5 Å². The van der Waals surface area contributed by atoms with Crippen LogP contribution in [0.2, 0.25) is 0 Å². The van der Waals surface area contributed by atoms with Gasteiger partial charge in [-0.2, -0.15) is 0 Å². The van der Waals surface area contributed by atoms with Gasteiger partial charge in [0.25, 0.3) is 5.56 Å². The highest BCUT2D eigenvalue weighted by Gasteiger charge is 2.17. The third-order valence-corrected chi connectivity index (χ3v) is 5.58. The van der Waals surface area contributed by atoms with E-state index in [-0.39, 0.29) is 16.2 Å². The summed E-state index contributed by atoms with van der Waals surface area (Å²) in [6.07, 6.45) is 3.31. The predicted octanol–water partition coefficient (Wildman–Crippen LogP) is 5.96. The fourth-order valence-electron chi connectivity index (χ4n) is 3.67. The van der Waals surface area contributed by atoms with Crippen LogP contribution in [0.1, 0.15) is 16.7 Å². The molecule has 5 rings (SSSR count). The van der Waals surface area contributed by atoms with Crippen LogP contribution in [0.25, 0.3) is 17.3 Å². The molecule has 6 nitrogen and oxygen atoms in total. The molecule has 0 atom stereocenters. The molecule has 0 radical (unpaired) electrons. The fourth-order valence-corrected chi connectivity index (χ4v) is 3.95. The molecule has 0 bridgehead atoms. The Morgan fingerprint density at radius 1 is 1.03 bits per heavy atom. The number of aliphatic imine (C=N–C) groups is 1. The molecule has 3 aromatic carbocycles. The summed E-state index contributed by atoms with van der Waals surface area (Å²) in [5, 5.41) is 11.0. The second kappa shape index (κ2) is 8.37. The average Bonchev–Trinajstić information content (AvgIpc) is 3.20. The number of aromatic hydroxyl groups is 1. The number of H-pyrrole nitrogens is 1. The van der Waals surface area contributed by atoms with Crippen molar-refractivity contribution >= 4 is 35.8 Å². The largest absolute Gasteiger partial charge is 0.494 e. The van der Waals surface area contributed by atoms with E-state index in [1.165, 1.54) is 4.57 Å². The summed E-state index contributed by atoms with van der Waals surface area (Å²) >= 11 is 5.34. The Morgan fingerprint density at radius 3 is 2.52 bits per heavy atom. The Hall–Kier alpha value is -4.23. The molecule has 2 N–H and O–H groups in total. The Labute approximate surface area is 194 Å². The number of nitrogens with one attached hydrogen (secondary N) is 1. The van der Waals surface area contributed by atoms with E-state index >= 15 is 0 Å². The van der Waals surface area contributed by atoms with Gasteiger partial charge in [0.15, 0.2) is 4.77 Å². The molecule has 33 heavy (non-hydrogen) atoms. The maximum absolute atomic E-state index is 12.7. The first-order chi connectivity index (χ1) is 16.0. The Bertz CT molecular complexity index is 1530. The second-order valence-electron chi connectivity index (χ2n) is 7.62. The average molecular weight is 454 g/mol. The van der Waals surface area contributed by atoms with Crippen molar-refractivity contribution in [3.8, 4) is 23.1 Å². The van der Waals surface area contributed by atoms with Gasteiger partial charge in [-0.05, 0) is 73.7 Å². The number of para-hydroxylation sites is 1. The molecule has 1 aliphatic heterocycles. The topological polar surface area (TPSA) is 79.6 Å². The van der Waals surface area contributed by atoms with E-state index in [4.69, 9.17) is 17.0 Å². The van der Waals surface area contributed by atoms with Gasteiger partial charge < -0.3 is 9.84 Å². The zero-order valence-electron chi connectivity index (χ0n) is 17.6. The van der Waals surface area contributed by atoms with Crippen molar-refractivity contribution < 1.29 is 9.84 Å².